The maximum atomic E-state index is 12.1. The topological polar surface area (TPSA) is 76.8 Å². The van der Waals surface area contributed by atoms with Crippen LogP contribution in [0.1, 0.15) is 12.6 Å². The molecule has 2 aromatic rings. The average molecular weight is 331 g/mol. The molecule has 1 N–H and O–H groups in total. The Bertz CT molecular complexity index is 701. The van der Waals surface area contributed by atoms with Crippen LogP contribution in [0.4, 0.5) is 5.88 Å². The third kappa shape index (κ3) is 4.05. The molecule has 0 bridgehead atoms. The average Bonchev–Trinajstić information content (AvgIpc) is 2.98. The van der Waals surface area contributed by atoms with Crippen molar-refractivity contribution in [2.75, 3.05) is 31.6 Å². The van der Waals surface area contributed by atoms with Gasteiger partial charge in [-0.05, 0) is 25.6 Å². The van der Waals surface area contributed by atoms with E-state index in [4.69, 9.17) is 14.0 Å². The summed E-state index contributed by atoms with van der Waals surface area (Å²) in [5, 5.41) is 6.44. The number of nitrogens with zero attached hydrogens (tertiary/aromatic N) is 2. The Balaban J connectivity index is 1.52. The Morgan fingerprint density at radius 2 is 2.17 bits per heavy atom. The molecular weight excluding hydrogens is 310 g/mol. The third-order valence-electron chi connectivity index (χ3n) is 3.73. The van der Waals surface area contributed by atoms with Crippen LogP contribution in [-0.2, 0) is 4.79 Å². The normalized spacial score (nSPS) is 16.2. The molecule has 1 amide bonds. The molecule has 3 rings (SSSR count). The van der Waals surface area contributed by atoms with Gasteiger partial charge in [0.25, 0.3) is 0 Å². The Labute approximate surface area is 140 Å². The molecule has 1 aromatic heterocycles. The summed E-state index contributed by atoms with van der Waals surface area (Å²) in [5.41, 5.74) is 0.726. The number of amides is 1. The number of anilines is 1. The number of para-hydroxylation sites is 2. The molecule has 7 nitrogen and oxygen atoms in total. The van der Waals surface area contributed by atoms with E-state index in [-0.39, 0.29) is 18.6 Å². The molecule has 0 radical (unpaired) electrons. The van der Waals surface area contributed by atoms with Gasteiger partial charge in [0.1, 0.15) is 12.7 Å². The minimum atomic E-state index is -0.148. The zero-order chi connectivity index (χ0) is 16.9. The number of carbonyl (C=O) groups is 1. The first-order valence-corrected chi connectivity index (χ1v) is 7.98. The molecule has 1 aromatic carbocycles. The van der Waals surface area contributed by atoms with E-state index in [9.17, 15) is 4.79 Å². The van der Waals surface area contributed by atoms with Crippen LogP contribution in [0.3, 0.4) is 0 Å². The van der Waals surface area contributed by atoms with Crippen LogP contribution in [0.2, 0.25) is 0 Å². The van der Waals surface area contributed by atoms with Crippen molar-refractivity contribution in [3.8, 4) is 11.5 Å². The van der Waals surface area contributed by atoms with E-state index in [1.165, 1.54) is 0 Å². The van der Waals surface area contributed by atoms with Crippen molar-refractivity contribution < 1.29 is 18.8 Å². The van der Waals surface area contributed by atoms with Crippen LogP contribution in [-0.4, -0.2) is 48.3 Å². The predicted octanol–water partition coefficient (Wildman–Crippen LogP) is 2.08. The maximum absolute atomic E-state index is 12.1. The highest BCUT2D eigenvalue weighted by molar-refractivity contribution is 5.90. The number of aryl methyl sites for hydroxylation is 1. The molecule has 1 aliphatic rings. The number of hydrogen-bond acceptors (Lipinski definition) is 6. The Morgan fingerprint density at radius 1 is 1.38 bits per heavy atom. The summed E-state index contributed by atoms with van der Waals surface area (Å²) in [7, 11) is 0. The molecule has 0 saturated carbocycles. The number of hydrogen-bond donors (Lipinski definition) is 1. The minimum Gasteiger partial charge on any atom is -0.486 e. The lowest BCUT2D eigenvalue weighted by Gasteiger charge is -2.30. The number of rotatable bonds is 6. The van der Waals surface area contributed by atoms with Gasteiger partial charge in [0.15, 0.2) is 11.5 Å². The second-order valence-electron chi connectivity index (χ2n) is 5.71. The lowest BCUT2D eigenvalue weighted by molar-refractivity contribution is -0.117. The summed E-state index contributed by atoms with van der Waals surface area (Å²) in [4.78, 5) is 14.1. The molecule has 0 fully saturated rings. The summed E-state index contributed by atoms with van der Waals surface area (Å²) in [5.74, 6) is 1.71. The smallest absolute Gasteiger partial charge is 0.240 e. The number of benzene rings is 1. The highest BCUT2D eigenvalue weighted by Crippen LogP contribution is 2.30. The van der Waals surface area contributed by atoms with Gasteiger partial charge in [0.05, 0.1) is 12.2 Å². The van der Waals surface area contributed by atoms with E-state index in [1.807, 2.05) is 36.1 Å². The van der Waals surface area contributed by atoms with Gasteiger partial charge < -0.3 is 14.0 Å². The zero-order valence-electron chi connectivity index (χ0n) is 13.8. The minimum absolute atomic E-state index is 0.111. The van der Waals surface area contributed by atoms with Gasteiger partial charge >= 0.3 is 0 Å². The Hall–Kier alpha value is -2.54. The first kappa shape index (κ1) is 16.3. The summed E-state index contributed by atoms with van der Waals surface area (Å²) < 4.78 is 16.6. The molecule has 1 aliphatic heterocycles. The van der Waals surface area contributed by atoms with Crippen molar-refractivity contribution in [2.45, 2.75) is 20.0 Å². The van der Waals surface area contributed by atoms with Crippen molar-refractivity contribution in [1.82, 2.24) is 10.1 Å². The summed E-state index contributed by atoms with van der Waals surface area (Å²) >= 11 is 0. The fraction of sp³-hybridized carbons (Fsp3) is 0.412. The molecule has 1 atom stereocenters. The standard InChI is InChI=1S/C17H21N3O4/c1-3-20(10-16(21)18-17-8-12(2)19-24-17)9-13-11-22-14-6-4-5-7-15(14)23-13/h4-8,13H,3,9-11H2,1-2H3,(H,18,21). The predicted molar refractivity (Wildman–Crippen MR) is 88.3 cm³/mol. The molecule has 1 unspecified atom stereocenters. The lowest BCUT2D eigenvalue weighted by Crippen LogP contribution is -2.43. The van der Waals surface area contributed by atoms with E-state index in [0.29, 0.717) is 19.0 Å². The van der Waals surface area contributed by atoms with Gasteiger partial charge in [-0.1, -0.05) is 24.2 Å². The highest BCUT2D eigenvalue weighted by Gasteiger charge is 2.23. The molecule has 0 spiro atoms. The summed E-state index contributed by atoms with van der Waals surface area (Å²) in [6.45, 7) is 5.85. The first-order valence-electron chi connectivity index (χ1n) is 7.98. The van der Waals surface area contributed by atoms with Crippen molar-refractivity contribution >= 4 is 11.8 Å². The van der Waals surface area contributed by atoms with Crippen molar-refractivity contribution in [2.24, 2.45) is 0 Å². The molecule has 24 heavy (non-hydrogen) atoms. The van der Waals surface area contributed by atoms with Crippen molar-refractivity contribution in [3.63, 3.8) is 0 Å². The third-order valence-corrected chi connectivity index (χ3v) is 3.73. The van der Waals surface area contributed by atoms with E-state index >= 15 is 0 Å². The highest BCUT2D eigenvalue weighted by atomic mass is 16.6. The van der Waals surface area contributed by atoms with Gasteiger partial charge in [0.2, 0.25) is 11.8 Å². The maximum Gasteiger partial charge on any atom is 0.240 e. The number of ether oxygens (including phenoxy) is 2. The van der Waals surface area contributed by atoms with Crippen molar-refractivity contribution in [1.29, 1.82) is 0 Å². The van der Waals surface area contributed by atoms with E-state index < -0.39 is 0 Å². The van der Waals surface area contributed by atoms with Crippen molar-refractivity contribution in [3.05, 3.63) is 36.0 Å². The molecular formula is C17H21N3O4. The monoisotopic (exact) mass is 331 g/mol. The van der Waals surface area contributed by atoms with Crippen LogP contribution in [0, 0.1) is 6.92 Å². The zero-order valence-corrected chi connectivity index (χ0v) is 13.8. The van der Waals surface area contributed by atoms with Crippen LogP contribution < -0.4 is 14.8 Å². The lowest BCUT2D eigenvalue weighted by atomic mass is 10.2. The number of likely N-dealkylation sites (N-methyl/N-ethyl adjacent to an activating group) is 1. The largest absolute Gasteiger partial charge is 0.486 e. The molecule has 2 heterocycles. The number of fused-ring (bicyclic) bond motifs is 1. The Kier molecular flexibility index (Phi) is 5.00. The Morgan fingerprint density at radius 3 is 2.88 bits per heavy atom. The second-order valence-corrected chi connectivity index (χ2v) is 5.71. The van der Waals surface area contributed by atoms with E-state index in [2.05, 4.69) is 10.5 Å². The molecule has 0 aliphatic carbocycles. The van der Waals surface area contributed by atoms with Gasteiger partial charge in [0, 0.05) is 12.6 Å². The number of nitrogens with one attached hydrogen (secondary N) is 1. The fourth-order valence-electron chi connectivity index (χ4n) is 2.55. The molecule has 128 valence electrons. The van der Waals surface area contributed by atoms with Gasteiger partial charge in [-0.3, -0.25) is 15.0 Å². The fourth-order valence-corrected chi connectivity index (χ4v) is 2.55. The summed E-state index contributed by atoms with van der Waals surface area (Å²) in [6, 6.07) is 9.28. The van der Waals surface area contributed by atoms with Gasteiger partial charge in [-0.25, -0.2) is 0 Å². The molecule has 0 saturated heterocycles. The second kappa shape index (κ2) is 7.35. The SMILES string of the molecule is CCN(CC(=O)Nc1cc(C)no1)CC1COc2ccccc2O1. The molecule has 7 heteroatoms. The quantitative estimate of drug-likeness (QED) is 0.873. The first-order chi connectivity index (χ1) is 11.6. The van der Waals surface area contributed by atoms with Gasteiger partial charge in [-0.15, -0.1) is 0 Å². The van der Waals surface area contributed by atoms with E-state index in [0.717, 1.165) is 23.7 Å². The number of carbonyl (C=O) groups excluding carboxylic acids is 1. The number of aromatic nitrogens is 1. The van der Waals surface area contributed by atoms with Gasteiger partial charge in [-0.2, -0.15) is 0 Å². The van der Waals surface area contributed by atoms with Crippen LogP contribution in [0.25, 0.3) is 0 Å². The van der Waals surface area contributed by atoms with Crippen LogP contribution in [0.15, 0.2) is 34.9 Å². The van der Waals surface area contributed by atoms with Crippen LogP contribution in [0.5, 0.6) is 11.5 Å². The van der Waals surface area contributed by atoms with Crippen LogP contribution >= 0.6 is 0 Å². The van der Waals surface area contributed by atoms with E-state index in [1.54, 1.807) is 13.0 Å². The summed E-state index contributed by atoms with van der Waals surface area (Å²) in [6.07, 6.45) is -0.111.